The lowest BCUT2D eigenvalue weighted by molar-refractivity contribution is 0.168. The van der Waals surface area contributed by atoms with Crippen molar-refractivity contribution >= 4 is 23.1 Å². The molecule has 19 heavy (non-hydrogen) atoms. The molecule has 1 heterocycles. The average molecular weight is 282 g/mol. The number of hydrogen-bond donors (Lipinski definition) is 0. The minimum Gasteiger partial charge on any atom is -0.374 e. The van der Waals surface area contributed by atoms with Gasteiger partial charge in [-0.25, -0.2) is 14.4 Å². The van der Waals surface area contributed by atoms with Gasteiger partial charge < -0.3 is 4.74 Å². The largest absolute Gasteiger partial charge is 0.374 e. The molecule has 1 unspecified atom stereocenters. The SMILES string of the molecule is COC(C)C(=Nc1ccc(F)cc1Cl)n1ccnc1. The maximum absolute atomic E-state index is 13.0. The first kappa shape index (κ1) is 13.7. The normalized spacial score (nSPS) is 13.6. The number of nitrogens with zero attached hydrogens (tertiary/aromatic N) is 3. The van der Waals surface area contributed by atoms with E-state index in [0.29, 0.717) is 11.5 Å². The van der Waals surface area contributed by atoms with Crippen molar-refractivity contribution in [1.82, 2.24) is 9.55 Å². The summed E-state index contributed by atoms with van der Waals surface area (Å²) in [6, 6.07) is 4.06. The van der Waals surface area contributed by atoms with Crippen molar-refractivity contribution in [3.8, 4) is 0 Å². The summed E-state index contributed by atoms with van der Waals surface area (Å²) < 4.78 is 20.0. The summed E-state index contributed by atoms with van der Waals surface area (Å²) in [5.41, 5.74) is 0.482. The molecule has 0 N–H and O–H groups in total. The Bertz CT molecular complexity index is 584. The molecule has 4 nitrogen and oxygen atoms in total. The van der Waals surface area contributed by atoms with Crippen LogP contribution in [0.3, 0.4) is 0 Å². The topological polar surface area (TPSA) is 39.4 Å². The third-order valence-corrected chi connectivity index (χ3v) is 2.93. The summed E-state index contributed by atoms with van der Waals surface area (Å²) >= 11 is 5.97. The van der Waals surface area contributed by atoms with E-state index >= 15 is 0 Å². The Morgan fingerprint density at radius 3 is 2.89 bits per heavy atom. The zero-order valence-corrected chi connectivity index (χ0v) is 11.3. The van der Waals surface area contributed by atoms with Crippen molar-refractivity contribution < 1.29 is 9.13 Å². The van der Waals surface area contributed by atoms with Crippen molar-refractivity contribution in [3.05, 3.63) is 47.8 Å². The first-order valence-electron chi connectivity index (χ1n) is 5.66. The van der Waals surface area contributed by atoms with Crippen LogP contribution in [0.2, 0.25) is 5.02 Å². The highest BCUT2D eigenvalue weighted by atomic mass is 35.5. The quantitative estimate of drug-likeness (QED) is 0.640. The molecule has 0 aliphatic rings. The molecule has 0 bridgehead atoms. The third kappa shape index (κ3) is 3.19. The maximum atomic E-state index is 13.0. The Morgan fingerprint density at radius 1 is 1.53 bits per heavy atom. The molecule has 1 atom stereocenters. The van der Waals surface area contributed by atoms with E-state index in [0.717, 1.165) is 0 Å². The molecule has 0 saturated heterocycles. The number of imidazole rings is 1. The van der Waals surface area contributed by atoms with Crippen LogP contribution in [0.25, 0.3) is 0 Å². The first-order valence-corrected chi connectivity index (χ1v) is 6.04. The van der Waals surface area contributed by atoms with E-state index < -0.39 is 5.82 Å². The summed E-state index contributed by atoms with van der Waals surface area (Å²) in [6.07, 6.45) is 4.76. The van der Waals surface area contributed by atoms with Crippen molar-refractivity contribution in [2.24, 2.45) is 4.99 Å². The smallest absolute Gasteiger partial charge is 0.143 e. The van der Waals surface area contributed by atoms with E-state index in [4.69, 9.17) is 16.3 Å². The van der Waals surface area contributed by atoms with Crippen LogP contribution in [0.4, 0.5) is 10.1 Å². The van der Waals surface area contributed by atoms with Crippen LogP contribution in [-0.2, 0) is 4.74 Å². The number of aliphatic imine (C=N–C) groups is 1. The van der Waals surface area contributed by atoms with Gasteiger partial charge in [-0.2, -0.15) is 0 Å². The van der Waals surface area contributed by atoms with Gasteiger partial charge in [0.15, 0.2) is 0 Å². The van der Waals surface area contributed by atoms with Gasteiger partial charge in [0.2, 0.25) is 0 Å². The molecule has 0 aliphatic heterocycles. The molecule has 6 heteroatoms. The van der Waals surface area contributed by atoms with E-state index in [2.05, 4.69) is 9.98 Å². The van der Waals surface area contributed by atoms with E-state index in [1.54, 1.807) is 30.4 Å². The second-order valence-corrected chi connectivity index (χ2v) is 4.32. The fourth-order valence-electron chi connectivity index (χ4n) is 1.55. The number of ether oxygens (including phenoxy) is 1. The van der Waals surface area contributed by atoms with Gasteiger partial charge in [-0.05, 0) is 25.1 Å². The van der Waals surface area contributed by atoms with Crippen molar-refractivity contribution in [2.45, 2.75) is 13.0 Å². The van der Waals surface area contributed by atoms with Crippen LogP contribution in [0, 0.1) is 5.82 Å². The fraction of sp³-hybridized carbons (Fsp3) is 0.231. The molecule has 0 amide bonds. The lowest BCUT2D eigenvalue weighted by Crippen LogP contribution is -2.25. The lowest BCUT2D eigenvalue weighted by Gasteiger charge is -2.14. The van der Waals surface area contributed by atoms with Gasteiger partial charge in [0, 0.05) is 19.5 Å². The van der Waals surface area contributed by atoms with Gasteiger partial charge in [-0.1, -0.05) is 11.6 Å². The predicted molar refractivity (Wildman–Crippen MR) is 72.6 cm³/mol. The molecule has 1 aromatic carbocycles. The zero-order chi connectivity index (χ0) is 13.8. The molecule has 1 aromatic heterocycles. The number of rotatable bonds is 3. The highest BCUT2D eigenvalue weighted by Gasteiger charge is 2.13. The second-order valence-electron chi connectivity index (χ2n) is 3.91. The van der Waals surface area contributed by atoms with Crippen LogP contribution in [0.15, 0.2) is 41.9 Å². The Morgan fingerprint density at radius 2 is 2.32 bits per heavy atom. The molecule has 0 radical (unpaired) electrons. The van der Waals surface area contributed by atoms with Crippen molar-refractivity contribution in [3.63, 3.8) is 0 Å². The number of methoxy groups -OCH3 is 1. The van der Waals surface area contributed by atoms with Gasteiger partial charge >= 0.3 is 0 Å². The molecule has 0 aliphatic carbocycles. The van der Waals surface area contributed by atoms with E-state index in [1.807, 2.05) is 6.92 Å². The van der Waals surface area contributed by atoms with Gasteiger partial charge in [0.25, 0.3) is 0 Å². The number of halogens is 2. The lowest BCUT2D eigenvalue weighted by atomic mass is 10.3. The third-order valence-electron chi connectivity index (χ3n) is 2.63. The van der Waals surface area contributed by atoms with E-state index in [1.165, 1.54) is 18.2 Å². The molecule has 0 saturated carbocycles. The van der Waals surface area contributed by atoms with Gasteiger partial charge in [-0.15, -0.1) is 0 Å². The number of hydrogen-bond acceptors (Lipinski definition) is 3. The minimum absolute atomic E-state index is 0.251. The van der Waals surface area contributed by atoms with Crippen molar-refractivity contribution in [1.29, 1.82) is 0 Å². The zero-order valence-electron chi connectivity index (χ0n) is 10.5. The standard InChI is InChI=1S/C13H13ClFN3O/c1-9(19-2)13(18-6-5-16-8-18)17-12-4-3-10(15)7-11(12)14/h3-9H,1-2H3. The van der Waals surface area contributed by atoms with Crippen molar-refractivity contribution in [2.75, 3.05) is 7.11 Å². The minimum atomic E-state index is -0.395. The van der Waals surface area contributed by atoms with Crippen LogP contribution < -0.4 is 0 Å². The number of benzene rings is 1. The Balaban J connectivity index is 2.45. The first-order chi connectivity index (χ1) is 9.11. The Labute approximate surface area is 115 Å². The number of aromatic nitrogens is 2. The van der Waals surface area contributed by atoms with Gasteiger partial charge in [0.05, 0.1) is 10.7 Å². The highest BCUT2D eigenvalue weighted by Crippen LogP contribution is 2.26. The second kappa shape index (κ2) is 5.95. The molecule has 2 rings (SSSR count). The average Bonchev–Trinajstić information content (AvgIpc) is 2.91. The summed E-state index contributed by atoms with van der Waals surface area (Å²) in [5.74, 6) is 0.224. The summed E-state index contributed by atoms with van der Waals surface area (Å²) in [4.78, 5) is 8.40. The van der Waals surface area contributed by atoms with Crippen LogP contribution >= 0.6 is 11.6 Å². The molecule has 0 spiro atoms. The van der Waals surface area contributed by atoms with Crippen LogP contribution in [0.5, 0.6) is 0 Å². The maximum Gasteiger partial charge on any atom is 0.143 e. The summed E-state index contributed by atoms with van der Waals surface area (Å²) in [5, 5.41) is 0.251. The molecule has 0 fully saturated rings. The molecule has 2 aromatic rings. The van der Waals surface area contributed by atoms with E-state index in [-0.39, 0.29) is 11.1 Å². The van der Waals surface area contributed by atoms with E-state index in [9.17, 15) is 4.39 Å². The van der Waals surface area contributed by atoms with Crippen LogP contribution in [-0.4, -0.2) is 28.6 Å². The summed E-state index contributed by atoms with van der Waals surface area (Å²) in [7, 11) is 1.59. The van der Waals surface area contributed by atoms with Gasteiger partial charge in [-0.3, -0.25) is 4.57 Å². The monoisotopic (exact) mass is 281 g/mol. The molecule has 100 valence electrons. The highest BCUT2D eigenvalue weighted by molar-refractivity contribution is 6.33. The Hall–Kier alpha value is -1.72. The molecular formula is C13H13ClFN3O. The van der Waals surface area contributed by atoms with Gasteiger partial charge in [0.1, 0.15) is 24.1 Å². The summed E-state index contributed by atoms with van der Waals surface area (Å²) in [6.45, 7) is 1.86. The Kier molecular flexibility index (Phi) is 4.29. The molecular weight excluding hydrogens is 269 g/mol. The predicted octanol–water partition coefficient (Wildman–Crippen LogP) is 3.29. The van der Waals surface area contributed by atoms with Crippen LogP contribution in [0.1, 0.15) is 6.92 Å². The fourth-order valence-corrected chi connectivity index (χ4v) is 1.76.